The number of aromatic nitrogens is 2. The second kappa shape index (κ2) is 5.31. The van der Waals surface area contributed by atoms with Crippen molar-refractivity contribution in [1.82, 2.24) is 14.9 Å². The SMILES string of the molecule is C[N-]c1ncc(N2CCC(N(C)C)CC2)cn1. The topological polar surface area (TPSA) is 46.4 Å². The lowest BCUT2D eigenvalue weighted by molar-refractivity contribution is 0.249. The highest BCUT2D eigenvalue weighted by atomic mass is 15.2. The van der Waals surface area contributed by atoms with E-state index in [1.165, 1.54) is 12.8 Å². The number of rotatable bonds is 3. The number of anilines is 1. The number of piperidine rings is 1. The van der Waals surface area contributed by atoms with Gasteiger partial charge in [-0.2, -0.15) is 0 Å². The molecule has 1 aliphatic heterocycles. The predicted octanol–water partition coefficient (Wildman–Crippen LogP) is 1.64. The molecule has 0 amide bonds. The average molecular weight is 234 g/mol. The van der Waals surface area contributed by atoms with Crippen LogP contribution < -0.4 is 4.90 Å². The third-order valence-corrected chi connectivity index (χ3v) is 3.38. The first-order valence-electron chi connectivity index (χ1n) is 6.04. The molecule has 0 saturated carbocycles. The second-order valence-electron chi connectivity index (χ2n) is 4.65. The summed E-state index contributed by atoms with van der Waals surface area (Å²) >= 11 is 0. The molecule has 1 aliphatic rings. The third-order valence-electron chi connectivity index (χ3n) is 3.38. The first-order chi connectivity index (χ1) is 8.20. The zero-order valence-electron chi connectivity index (χ0n) is 10.8. The predicted molar refractivity (Wildman–Crippen MR) is 69.9 cm³/mol. The summed E-state index contributed by atoms with van der Waals surface area (Å²) in [6.45, 7) is 2.16. The van der Waals surface area contributed by atoms with Gasteiger partial charge in [-0.15, -0.1) is 0 Å². The van der Waals surface area contributed by atoms with E-state index in [0.717, 1.165) is 18.8 Å². The molecule has 0 aliphatic carbocycles. The Morgan fingerprint density at radius 1 is 1.24 bits per heavy atom. The van der Waals surface area contributed by atoms with Gasteiger partial charge < -0.3 is 25.1 Å². The van der Waals surface area contributed by atoms with Gasteiger partial charge in [0.2, 0.25) is 0 Å². The van der Waals surface area contributed by atoms with Crippen LogP contribution in [-0.4, -0.2) is 55.1 Å². The summed E-state index contributed by atoms with van der Waals surface area (Å²) in [4.78, 5) is 13.1. The van der Waals surface area contributed by atoms with Crippen molar-refractivity contribution in [3.8, 4) is 0 Å². The summed E-state index contributed by atoms with van der Waals surface area (Å²) in [6.07, 6.45) is 6.14. The zero-order chi connectivity index (χ0) is 12.3. The van der Waals surface area contributed by atoms with Gasteiger partial charge in [-0.25, -0.2) is 0 Å². The Morgan fingerprint density at radius 3 is 2.29 bits per heavy atom. The molecule has 1 fully saturated rings. The van der Waals surface area contributed by atoms with Gasteiger partial charge >= 0.3 is 0 Å². The van der Waals surface area contributed by atoms with Crippen LogP contribution in [-0.2, 0) is 0 Å². The van der Waals surface area contributed by atoms with Crippen LogP contribution in [0.2, 0.25) is 0 Å². The fourth-order valence-corrected chi connectivity index (χ4v) is 2.23. The minimum Gasteiger partial charge on any atom is -0.397 e. The molecule has 0 radical (unpaired) electrons. The van der Waals surface area contributed by atoms with E-state index in [9.17, 15) is 0 Å². The lowest BCUT2D eigenvalue weighted by atomic mass is 10.0. The fraction of sp³-hybridized carbons (Fsp3) is 0.667. The molecule has 0 aromatic carbocycles. The van der Waals surface area contributed by atoms with Gasteiger partial charge in [-0.1, -0.05) is 0 Å². The Balaban J connectivity index is 1.95. The van der Waals surface area contributed by atoms with Crippen LogP contribution in [0.25, 0.3) is 5.32 Å². The third kappa shape index (κ3) is 2.85. The lowest BCUT2D eigenvalue weighted by Gasteiger charge is -2.36. The number of nitrogens with zero attached hydrogens (tertiary/aromatic N) is 5. The minimum absolute atomic E-state index is 0.553. The summed E-state index contributed by atoms with van der Waals surface area (Å²) in [5.41, 5.74) is 1.11. The van der Waals surface area contributed by atoms with Crippen LogP contribution in [0.1, 0.15) is 12.8 Å². The van der Waals surface area contributed by atoms with Gasteiger partial charge in [-0.05, 0) is 46.4 Å². The van der Waals surface area contributed by atoms with E-state index in [2.05, 4.69) is 39.2 Å². The molecule has 1 saturated heterocycles. The standard InChI is InChI=1S/C12H20N5/c1-13-12-14-8-11(9-15-12)17-6-4-10(5-7-17)16(2)3/h8-10H,4-7H2,1-3H3/q-1. The molecule has 0 bridgehead atoms. The number of hydrogen-bond acceptors (Lipinski definition) is 4. The van der Waals surface area contributed by atoms with Crippen molar-refractivity contribution in [2.24, 2.45) is 0 Å². The maximum atomic E-state index is 4.20. The van der Waals surface area contributed by atoms with E-state index in [0.29, 0.717) is 12.0 Å². The molecule has 17 heavy (non-hydrogen) atoms. The van der Waals surface area contributed by atoms with Crippen molar-refractivity contribution in [1.29, 1.82) is 0 Å². The Morgan fingerprint density at radius 2 is 1.82 bits per heavy atom. The highest BCUT2D eigenvalue weighted by molar-refractivity contribution is 5.45. The highest BCUT2D eigenvalue weighted by Gasteiger charge is 2.20. The molecule has 0 spiro atoms. The van der Waals surface area contributed by atoms with Gasteiger partial charge in [-0.3, -0.25) is 0 Å². The summed E-state index contributed by atoms with van der Waals surface area (Å²) < 4.78 is 0. The molecular weight excluding hydrogens is 214 g/mol. The van der Waals surface area contributed by atoms with Gasteiger partial charge in [0.25, 0.3) is 0 Å². The van der Waals surface area contributed by atoms with Gasteiger partial charge in [0.05, 0.1) is 0 Å². The smallest absolute Gasteiger partial charge is 0.0419 e. The van der Waals surface area contributed by atoms with E-state index in [1.807, 2.05) is 12.4 Å². The number of hydrogen-bond donors (Lipinski definition) is 0. The Bertz CT molecular complexity index is 340. The molecule has 1 aromatic heterocycles. The van der Waals surface area contributed by atoms with Crippen molar-refractivity contribution >= 4 is 11.6 Å². The van der Waals surface area contributed by atoms with Gasteiger partial charge in [0, 0.05) is 30.8 Å². The van der Waals surface area contributed by atoms with E-state index in [-0.39, 0.29) is 0 Å². The molecule has 2 rings (SSSR count). The molecule has 5 nitrogen and oxygen atoms in total. The van der Waals surface area contributed by atoms with Crippen LogP contribution >= 0.6 is 0 Å². The molecule has 1 aromatic rings. The van der Waals surface area contributed by atoms with Crippen molar-refractivity contribution in [2.75, 3.05) is 39.1 Å². The minimum atomic E-state index is 0.553. The largest absolute Gasteiger partial charge is 0.397 e. The molecular formula is C12H20N5-. The Labute approximate surface area is 103 Å². The maximum Gasteiger partial charge on any atom is 0.0419 e. The summed E-state index contributed by atoms with van der Waals surface area (Å²) in [5.74, 6) is 0.553. The first-order valence-corrected chi connectivity index (χ1v) is 6.04. The van der Waals surface area contributed by atoms with E-state index in [1.54, 1.807) is 7.05 Å². The maximum absolute atomic E-state index is 4.20. The Hall–Kier alpha value is -1.36. The highest BCUT2D eigenvalue weighted by Crippen LogP contribution is 2.21. The quantitative estimate of drug-likeness (QED) is 0.797. The Kier molecular flexibility index (Phi) is 3.78. The molecule has 5 heteroatoms. The second-order valence-corrected chi connectivity index (χ2v) is 4.65. The molecule has 0 atom stereocenters. The molecule has 2 heterocycles. The van der Waals surface area contributed by atoms with Gasteiger partial charge in [0.15, 0.2) is 0 Å². The zero-order valence-corrected chi connectivity index (χ0v) is 10.8. The average Bonchev–Trinajstić information content (AvgIpc) is 2.39. The van der Waals surface area contributed by atoms with E-state index in [4.69, 9.17) is 0 Å². The van der Waals surface area contributed by atoms with Crippen molar-refractivity contribution < 1.29 is 0 Å². The van der Waals surface area contributed by atoms with Crippen LogP contribution in [0, 0.1) is 0 Å². The van der Waals surface area contributed by atoms with Crippen LogP contribution in [0.15, 0.2) is 12.4 Å². The van der Waals surface area contributed by atoms with Crippen LogP contribution in [0.4, 0.5) is 11.6 Å². The normalized spacial score (nSPS) is 17.5. The van der Waals surface area contributed by atoms with Crippen LogP contribution in [0.3, 0.4) is 0 Å². The van der Waals surface area contributed by atoms with Crippen LogP contribution in [0.5, 0.6) is 0 Å². The fourth-order valence-electron chi connectivity index (χ4n) is 2.23. The molecule has 94 valence electrons. The first kappa shape index (κ1) is 12.1. The summed E-state index contributed by atoms with van der Waals surface area (Å²) in [5, 5.41) is 3.94. The van der Waals surface area contributed by atoms with Crippen molar-refractivity contribution in [3.05, 3.63) is 17.7 Å². The van der Waals surface area contributed by atoms with Gasteiger partial charge in [0.1, 0.15) is 0 Å². The monoisotopic (exact) mass is 234 g/mol. The molecule has 0 N–H and O–H groups in total. The summed E-state index contributed by atoms with van der Waals surface area (Å²) in [7, 11) is 6.01. The van der Waals surface area contributed by atoms with Crippen molar-refractivity contribution in [2.45, 2.75) is 18.9 Å². The lowest BCUT2D eigenvalue weighted by Crippen LogP contribution is -2.42. The van der Waals surface area contributed by atoms with E-state index < -0.39 is 0 Å². The van der Waals surface area contributed by atoms with E-state index >= 15 is 0 Å². The molecule has 0 unspecified atom stereocenters. The van der Waals surface area contributed by atoms with Crippen molar-refractivity contribution in [3.63, 3.8) is 0 Å². The summed E-state index contributed by atoms with van der Waals surface area (Å²) in [6, 6.07) is 0.706.